The maximum absolute atomic E-state index is 11.7. The molecule has 1 heterocycles. The number of nitrogens with one attached hydrogen (secondary N) is 2. The summed E-state index contributed by atoms with van der Waals surface area (Å²) in [5.41, 5.74) is 6.97. The normalized spacial score (nSPS) is 9.85. The summed E-state index contributed by atoms with van der Waals surface area (Å²) in [4.78, 5) is 27.2. The number of benzene rings is 1. The number of hydrogen-bond donors (Lipinski definition) is 2. The Morgan fingerprint density at radius 2 is 1.80 bits per heavy atom. The van der Waals surface area contributed by atoms with Gasteiger partial charge in [-0.1, -0.05) is 35.9 Å². The molecule has 102 valence electrons. The van der Waals surface area contributed by atoms with Gasteiger partial charge in [-0.2, -0.15) is 0 Å². The lowest BCUT2D eigenvalue weighted by molar-refractivity contribution is -0.121. The van der Waals surface area contributed by atoms with Crippen LogP contribution in [-0.4, -0.2) is 16.8 Å². The number of aryl methyl sites for hydroxylation is 1. The van der Waals surface area contributed by atoms with Crippen molar-refractivity contribution in [1.82, 2.24) is 15.8 Å². The van der Waals surface area contributed by atoms with Crippen LogP contribution in [0.3, 0.4) is 0 Å². The molecule has 0 spiro atoms. The van der Waals surface area contributed by atoms with Crippen molar-refractivity contribution in [2.45, 2.75) is 13.3 Å². The zero-order chi connectivity index (χ0) is 14.4. The number of hydrazine groups is 1. The van der Waals surface area contributed by atoms with E-state index >= 15 is 0 Å². The second-order valence-corrected chi connectivity index (χ2v) is 4.38. The third-order valence-corrected chi connectivity index (χ3v) is 2.70. The van der Waals surface area contributed by atoms with E-state index in [1.165, 1.54) is 6.20 Å². The maximum Gasteiger partial charge on any atom is 0.288 e. The number of aromatic nitrogens is 1. The van der Waals surface area contributed by atoms with Crippen LogP contribution in [0.1, 0.15) is 21.6 Å². The fraction of sp³-hybridized carbons (Fsp3) is 0.133. The van der Waals surface area contributed by atoms with Crippen molar-refractivity contribution in [1.29, 1.82) is 0 Å². The third-order valence-electron chi connectivity index (χ3n) is 2.70. The summed E-state index contributed by atoms with van der Waals surface area (Å²) in [5.74, 6) is -0.721. The summed E-state index contributed by atoms with van der Waals surface area (Å²) in [7, 11) is 0. The predicted molar refractivity (Wildman–Crippen MR) is 74.7 cm³/mol. The summed E-state index contributed by atoms with van der Waals surface area (Å²) in [6.07, 6.45) is 1.73. The zero-order valence-corrected chi connectivity index (χ0v) is 11.1. The minimum absolute atomic E-state index is 0.211. The molecule has 5 heteroatoms. The SMILES string of the molecule is Cc1ccc(CC(=O)NNC(=O)c2ccccn2)cc1. The van der Waals surface area contributed by atoms with Gasteiger partial charge in [0.1, 0.15) is 5.69 Å². The minimum atomic E-state index is -0.442. The highest BCUT2D eigenvalue weighted by molar-refractivity contribution is 5.93. The van der Waals surface area contributed by atoms with Gasteiger partial charge in [-0.05, 0) is 24.6 Å². The van der Waals surface area contributed by atoms with Crippen LogP contribution in [0.5, 0.6) is 0 Å². The van der Waals surface area contributed by atoms with Crippen molar-refractivity contribution in [3.8, 4) is 0 Å². The highest BCUT2D eigenvalue weighted by Gasteiger charge is 2.08. The van der Waals surface area contributed by atoms with E-state index in [9.17, 15) is 9.59 Å². The molecular weight excluding hydrogens is 254 g/mol. The molecule has 1 aromatic carbocycles. The molecule has 0 unspecified atom stereocenters. The fourth-order valence-electron chi connectivity index (χ4n) is 1.62. The molecule has 1 aromatic heterocycles. The van der Waals surface area contributed by atoms with Crippen LogP contribution >= 0.6 is 0 Å². The van der Waals surface area contributed by atoms with Crippen LogP contribution in [0.15, 0.2) is 48.7 Å². The Labute approximate surface area is 117 Å². The molecule has 0 aliphatic carbocycles. The number of nitrogens with zero attached hydrogens (tertiary/aromatic N) is 1. The summed E-state index contributed by atoms with van der Waals surface area (Å²) in [6.45, 7) is 1.98. The highest BCUT2D eigenvalue weighted by Crippen LogP contribution is 2.03. The molecule has 2 aromatic rings. The van der Waals surface area contributed by atoms with Crippen molar-refractivity contribution >= 4 is 11.8 Å². The van der Waals surface area contributed by atoms with Crippen LogP contribution in [0.25, 0.3) is 0 Å². The van der Waals surface area contributed by atoms with Crippen molar-refractivity contribution in [2.75, 3.05) is 0 Å². The first kappa shape index (κ1) is 13.7. The van der Waals surface area contributed by atoms with Crippen molar-refractivity contribution in [3.63, 3.8) is 0 Å². The Balaban J connectivity index is 1.83. The Hall–Kier alpha value is -2.69. The summed E-state index contributed by atoms with van der Waals surface area (Å²) in [5, 5.41) is 0. The smallest absolute Gasteiger partial charge is 0.273 e. The first-order valence-electron chi connectivity index (χ1n) is 6.21. The Morgan fingerprint density at radius 3 is 2.45 bits per heavy atom. The summed E-state index contributed by atoms with van der Waals surface area (Å²) in [6, 6.07) is 12.6. The van der Waals surface area contributed by atoms with Gasteiger partial charge in [0, 0.05) is 6.20 Å². The summed E-state index contributed by atoms with van der Waals surface area (Å²) >= 11 is 0. The Kier molecular flexibility index (Phi) is 4.44. The molecule has 0 fully saturated rings. The van der Waals surface area contributed by atoms with Gasteiger partial charge in [0.15, 0.2) is 0 Å². The number of hydrogen-bond acceptors (Lipinski definition) is 3. The monoisotopic (exact) mass is 269 g/mol. The maximum atomic E-state index is 11.7. The van der Waals surface area contributed by atoms with E-state index in [2.05, 4.69) is 15.8 Å². The molecule has 0 bridgehead atoms. The second-order valence-electron chi connectivity index (χ2n) is 4.38. The van der Waals surface area contributed by atoms with Gasteiger partial charge in [-0.25, -0.2) is 0 Å². The van der Waals surface area contributed by atoms with Gasteiger partial charge >= 0.3 is 0 Å². The largest absolute Gasteiger partial charge is 0.288 e. The van der Waals surface area contributed by atoms with Crippen LogP contribution in [0.4, 0.5) is 0 Å². The first-order chi connectivity index (χ1) is 9.65. The molecule has 2 rings (SSSR count). The lowest BCUT2D eigenvalue weighted by Crippen LogP contribution is -2.42. The molecule has 0 atom stereocenters. The average Bonchev–Trinajstić information content (AvgIpc) is 2.48. The molecule has 0 radical (unpaired) electrons. The van der Waals surface area contributed by atoms with Gasteiger partial charge in [-0.3, -0.25) is 25.4 Å². The van der Waals surface area contributed by atoms with Gasteiger partial charge < -0.3 is 0 Å². The van der Waals surface area contributed by atoms with Crippen LogP contribution in [0, 0.1) is 6.92 Å². The number of carbonyl (C=O) groups excluding carboxylic acids is 2. The van der Waals surface area contributed by atoms with Crippen LogP contribution < -0.4 is 10.9 Å². The molecule has 5 nitrogen and oxygen atoms in total. The quantitative estimate of drug-likeness (QED) is 0.827. The van der Waals surface area contributed by atoms with Crippen molar-refractivity contribution < 1.29 is 9.59 Å². The molecule has 2 N–H and O–H groups in total. The van der Waals surface area contributed by atoms with Gasteiger partial charge in [0.05, 0.1) is 6.42 Å². The molecular formula is C15H15N3O2. The zero-order valence-electron chi connectivity index (χ0n) is 11.1. The van der Waals surface area contributed by atoms with E-state index in [0.717, 1.165) is 11.1 Å². The van der Waals surface area contributed by atoms with E-state index in [4.69, 9.17) is 0 Å². The fourth-order valence-corrected chi connectivity index (χ4v) is 1.62. The summed E-state index contributed by atoms with van der Waals surface area (Å²) < 4.78 is 0. The van der Waals surface area contributed by atoms with Gasteiger partial charge in [0.2, 0.25) is 5.91 Å². The van der Waals surface area contributed by atoms with Crippen molar-refractivity contribution in [3.05, 3.63) is 65.5 Å². The van der Waals surface area contributed by atoms with Crippen LogP contribution in [0.2, 0.25) is 0 Å². The van der Waals surface area contributed by atoms with E-state index in [-0.39, 0.29) is 18.0 Å². The second kappa shape index (κ2) is 6.47. The minimum Gasteiger partial charge on any atom is -0.273 e. The third kappa shape index (κ3) is 3.91. The molecule has 0 aliphatic rings. The number of pyridine rings is 1. The highest BCUT2D eigenvalue weighted by atomic mass is 16.2. The molecule has 0 aliphatic heterocycles. The van der Waals surface area contributed by atoms with E-state index in [1.807, 2.05) is 31.2 Å². The lowest BCUT2D eigenvalue weighted by Gasteiger charge is -2.07. The van der Waals surface area contributed by atoms with Gasteiger partial charge in [-0.15, -0.1) is 0 Å². The van der Waals surface area contributed by atoms with Crippen LogP contribution in [-0.2, 0) is 11.2 Å². The Bertz CT molecular complexity index is 594. The average molecular weight is 269 g/mol. The van der Waals surface area contributed by atoms with E-state index in [1.54, 1.807) is 18.2 Å². The predicted octanol–water partition coefficient (Wildman–Crippen LogP) is 1.39. The first-order valence-corrected chi connectivity index (χ1v) is 6.21. The molecule has 20 heavy (non-hydrogen) atoms. The topological polar surface area (TPSA) is 71.1 Å². The number of carbonyl (C=O) groups is 2. The van der Waals surface area contributed by atoms with E-state index < -0.39 is 5.91 Å². The standard InChI is InChI=1S/C15H15N3O2/c1-11-5-7-12(8-6-11)10-14(19)17-18-15(20)13-4-2-3-9-16-13/h2-9H,10H2,1H3,(H,17,19)(H,18,20). The number of amides is 2. The van der Waals surface area contributed by atoms with Gasteiger partial charge in [0.25, 0.3) is 5.91 Å². The molecule has 0 saturated heterocycles. The van der Waals surface area contributed by atoms with E-state index in [0.29, 0.717) is 0 Å². The molecule has 0 saturated carbocycles. The number of rotatable bonds is 3. The lowest BCUT2D eigenvalue weighted by atomic mass is 10.1. The molecule has 2 amide bonds. The van der Waals surface area contributed by atoms with Crippen molar-refractivity contribution in [2.24, 2.45) is 0 Å². The Morgan fingerprint density at radius 1 is 1.05 bits per heavy atom.